The predicted molar refractivity (Wildman–Crippen MR) is 97.2 cm³/mol. The second-order valence-corrected chi connectivity index (χ2v) is 7.38. The van der Waals surface area contributed by atoms with E-state index in [0.29, 0.717) is 10.7 Å². The Balaban J connectivity index is 1.49. The fraction of sp³-hybridized carbons (Fsp3) is 0.444. The van der Waals surface area contributed by atoms with E-state index in [1.807, 2.05) is 6.92 Å². The lowest BCUT2D eigenvalue weighted by Crippen LogP contribution is -2.46. The summed E-state index contributed by atoms with van der Waals surface area (Å²) in [5.41, 5.74) is 0.383. The number of carbonyl (C=O) groups is 4. The molecule has 8 nitrogen and oxygen atoms in total. The van der Waals surface area contributed by atoms with Crippen molar-refractivity contribution in [2.24, 2.45) is 5.92 Å². The lowest BCUT2D eigenvalue weighted by atomic mass is 9.96. The van der Waals surface area contributed by atoms with E-state index in [1.54, 1.807) is 25.1 Å². The van der Waals surface area contributed by atoms with Gasteiger partial charge in [0.05, 0.1) is 0 Å². The minimum Gasteiger partial charge on any atom is -0.454 e. The van der Waals surface area contributed by atoms with E-state index in [2.05, 4.69) is 10.6 Å². The molecule has 1 aromatic carbocycles. The molecule has 0 aromatic heterocycles. The number of ether oxygens (including phenoxy) is 1. The quantitative estimate of drug-likeness (QED) is 0.567. The summed E-state index contributed by atoms with van der Waals surface area (Å²) in [7, 11) is 0. The standard InChI is InChI=1S/C18H20ClN3O5/c1-10-3-6-12(7-13(10)19)20-14(23)9-27-15(24)8-22-16(25)18(2,11-4-5-11)21-17(22)26/h3,6-7,11H,4-5,8-9H2,1-2H3,(H,20,23)(H,21,26)/t18-/m1/s1. The zero-order chi connectivity index (χ0) is 19.8. The van der Waals surface area contributed by atoms with Gasteiger partial charge in [-0.3, -0.25) is 19.3 Å². The van der Waals surface area contributed by atoms with Gasteiger partial charge in [0.25, 0.3) is 11.8 Å². The predicted octanol–water partition coefficient (Wildman–Crippen LogP) is 1.85. The molecule has 1 saturated heterocycles. The molecule has 9 heteroatoms. The molecule has 1 aliphatic heterocycles. The van der Waals surface area contributed by atoms with Crippen LogP contribution < -0.4 is 10.6 Å². The molecular weight excluding hydrogens is 374 g/mol. The molecule has 0 spiro atoms. The summed E-state index contributed by atoms with van der Waals surface area (Å²) in [6, 6.07) is 4.39. The molecule has 4 amide bonds. The van der Waals surface area contributed by atoms with Gasteiger partial charge in [-0.25, -0.2) is 4.79 Å². The first-order valence-corrected chi connectivity index (χ1v) is 8.94. The summed E-state index contributed by atoms with van der Waals surface area (Å²) < 4.78 is 4.88. The van der Waals surface area contributed by atoms with Gasteiger partial charge in [-0.2, -0.15) is 0 Å². The number of aryl methyl sites for hydroxylation is 1. The molecule has 1 aromatic rings. The lowest BCUT2D eigenvalue weighted by Gasteiger charge is -2.20. The number of amides is 4. The maximum absolute atomic E-state index is 12.4. The number of hydrogen-bond acceptors (Lipinski definition) is 5. The van der Waals surface area contributed by atoms with Gasteiger partial charge in [0, 0.05) is 10.7 Å². The Labute approximate surface area is 161 Å². The van der Waals surface area contributed by atoms with Gasteiger partial charge >= 0.3 is 12.0 Å². The number of carbonyl (C=O) groups excluding carboxylic acids is 4. The van der Waals surface area contributed by atoms with Crippen LogP contribution in [0.3, 0.4) is 0 Å². The Morgan fingerprint density at radius 1 is 1.37 bits per heavy atom. The van der Waals surface area contributed by atoms with Crippen LogP contribution in [0.5, 0.6) is 0 Å². The highest BCUT2D eigenvalue weighted by Crippen LogP contribution is 2.42. The van der Waals surface area contributed by atoms with Crippen molar-refractivity contribution < 1.29 is 23.9 Å². The van der Waals surface area contributed by atoms with E-state index in [4.69, 9.17) is 16.3 Å². The van der Waals surface area contributed by atoms with Gasteiger partial charge in [0.15, 0.2) is 6.61 Å². The highest BCUT2D eigenvalue weighted by Gasteiger charge is 2.56. The fourth-order valence-electron chi connectivity index (χ4n) is 2.99. The van der Waals surface area contributed by atoms with Crippen LogP contribution >= 0.6 is 11.6 Å². The number of esters is 1. The van der Waals surface area contributed by atoms with Crippen LogP contribution in [-0.4, -0.2) is 47.4 Å². The summed E-state index contributed by atoms with van der Waals surface area (Å²) in [6.45, 7) is 2.43. The lowest BCUT2D eigenvalue weighted by molar-refractivity contribution is -0.150. The van der Waals surface area contributed by atoms with Crippen molar-refractivity contribution >= 4 is 41.1 Å². The number of hydrogen-bond donors (Lipinski definition) is 2. The van der Waals surface area contributed by atoms with Gasteiger partial charge in [-0.15, -0.1) is 0 Å². The minimum atomic E-state index is -0.959. The van der Waals surface area contributed by atoms with E-state index in [1.165, 1.54) is 0 Å². The monoisotopic (exact) mass is 393 g/mol. The zero-order valence-electron chi connectivity index (χ0n) is 15.0. The maximum atomic E-state index is 12.4. The van der Waals surface area contributed by atoms with Gasteiger partial charge in [-0.05, 0) is 50.3 Å². The molecule has 0 radical (unpaired) electrons. The first kappa shape index (κ1) is 19.2. The fourth-order valence-corrected chi connectivity index (χ4v) is 3.17. The first-order chi connectivity index (χ1) is 12.7. The van der Waals surface area contributed by atoms with Crippen LogP contribution in [0, 0.1) is 12.8 Å². The summed E-state index contributed by atoms with van der Waals surface area (Å²) in [5.74, 6) is -1.73. The van der Waals surface area contributed by atoms with Gasteiger partial charge in [-0.1, -0.05) is 17.7 Å². The van der Waals surface area contributed by atoms with Crippen molar-refractivity contribution in [1.29, 1.82) is 0 Å². The summed E-state index contributed by atoms with van der Waals surface area (Å²) in [4.78, 5) is 49.1. The minimum absolute atomic E-state index is 0.0991. The molecule has 1 aliphatic carbocycles. The van der Waals surface area contributed by atoms with Gasteiger partial charge < -0.3 is 15.4 Å². The molecular formula is C18H20ClN3O5. The van der Waals surface area contributed by atoms with Crippen molar-refractivity contribution in [2.45, 2.75) is 32.2 Å². The molecule has 1 heterocycles. The number of halogens is 1. The molecule has 1 atom stereocenters. The molecule has 0 unspecified atom stereocenters. The molecule has 2 fully saturated rings. The second kappa shape index (κ2) is 7.19. The topological polar surface area (TPSA) is 105 Å². The van der Waals surface area contributed by atoms with E-state index >= 15 is 0 Å². The maximum Gasteiger partial charge on any atom is 0.326 e. The smallest absolute Gasteiger partial charge is 0.326 e. The van der Waals surface area contributed by atoms with E-state index in [0.717, 1.165) is 23.3 Å². The third-order valence-electron chi connectivity index (χ3n) is 4.80. The van der Waals surface area contributed by atoms with Crippen molar-refractivity contribution in [2.75, 3.05) is 18.5 Å². The Morgan fingerprint density at radius 3 is 2.70 bits per heavy atom. The Kier molecular flexibility index (Phi) is 5.10. The zero-order valence-corrected chi connectivity index (χ0v) is 15.8. The number of anilines is 1. The van der Waals surface area contributed by atoms with Gasteiger partial charge in [0.2, 0.25) is 0 Å². The highest BCUT2D eigenvalue weighted by atomic mass is 35.5. The number of rotatable bonds is 6. The SMILES string of the molecule is Cc1ccc(NC(=O)COC(=O)CN2C(=O)N[C@](C)(C3CC3)C2=O)cc1Cl. The molecule has 2 aliphatic rings. The Bertz CT molecular complexity index is 823. The van der Waals surface area contributed by atoms with Crippen molar-refractivity contribution in [3.8, 4) is 0 Å². The molecule has 27 heavy (non-hydrogen) atoms. The Morgan fingerprint density at radius 2 is 2.07 bits per heavy atom. The van der Waals surface area contributed by atoms with Crippen molar-refractivity contribution in [1.82, 2.24) is 10.2 Å². The van der Waals surface area contributed by atoms with Gasteiger partial charge in [0.1, 0.15) is 12.1 Å². The molecule has 2 N–H and O–H groups in total. The highest BCUT2D eigenvalue weighted by molar-refractivity contribution is 6.31. The first-order valence-electron chi connectivity index (χ1n) is 8.56. The molecule has 144 valence electrons. The molecule has 0 bridgehead atoms. The third kappa shape index (κ3) is 4.05. The van der Waals surface area contributed by atoms with Crippen LogP contribution in [0.2, 0.25) is 5.02 Å². The van der Waals surface area contributed by atoms with E-state index in [-0.39, 0.29) is 5.92 Å². The van der Waals surface area contributed by atoms with E-state index in [9.17, 15) is 19.2 Å². The number of imide groups is 1. The number of nitrogens with one attached hydrogen (secondary N) is 2. The number of nitrogens with zero attached hydrogens (tertiary/aromatic N) is 1. The Hall–Kier alpha value is -2.61. The van der Waals surface area contributed by atoms with Crippen LogP contribution in [0.4, 0.5) is 10.5 Å². The normalized spacial score (nSPS) is 21.8. The largest absolute Gasteiger partial charge is 0.454 e. The van der Waals surface area contributed by atoms with Crippen LogP contribution in [0.1, 0.15) is 25.3 Å². The molecule has 1 saturated carbocycles. The van der Waals surface area contributed by atoms with Crippen molar-refractivity contribution in [3.63, 3.8) is 0 Å². The summed E-state index contributed by atoms with van der Waals surface area (Å²) >= 11 is 5.98. The second-order valence-electron chi connectivity index (χ2n) is 6.97. The molecule has 3 rings (SSSR count). The average Bonchev–Trinajstić information content (AvgIpc) is 3.43. The third-order valence-corrected chi connectivity index (χ3v) is 5.21. The average molecular weight is 394 g/mol. The van der Waals surface area contributed by atoms with E-state index < -0.39 is 42.5 Å². The number of urea groups is 1. The van der Waals surface area contributed by atoms with Crippen molar-refractivity contribution in [3.05, 3.63) is 28.8 Å². The summed E-state index contributed by atoms with van der Waals surface area (Å²) in [5, 5.41) is 5.70. The van der Waals surface area contributed by atoms with Crippen LogP contribution in [0.25, 0.3) is 0 Å². The summed E-state index contributed by atoms with van der Waals surface area (Å²) in [6.07, 6.45) is 1.73. The van der Waals surface area contributed by atoms with Crippen LogP contribution in [-0.2, 0) is 19.1 Å². The van der Waals surface area contributed by atoms with Crippen LogP contribution in [0.15, 0.2) is 18.2 Å². The number of benzene rings is 1.